The van der Waals surface area contributed by atoms with Crippen molar-refractivity contribution in [2.75, 3.05) is 26.2 Å². The Morgan fingerprint density at radius 1 is 0.700 bits per heavy atom. The van der Waals surface area contributed by atoms with Gasteiger partial charge >= 0.3 is 6.18 Å². The van der Waals surface area contributed by atoms with Crippen molar-refractivity contribution in [1.82, 2.24) is 8.61 Å². The van der Waals surface area contributed by atoms with Crippen molar-refractivity contribution in [3.05, 3.63) is 59.7 Å². The molecule has 1 fully saturated rings. The maximum atomic E-state index is 13.4. The van der Waals surface area contributed by atoms with Crippen LogP contribution < -0.4 is 0 Å². The molecule has 6 nitrogen and oxygen atoms in total. The molecule has 2 aromatic carbocycles. The summed E-state index contributed by atoms with van der Waals surface area (Å²) in [6.07, 6.45) is -4.72. The van der Waals surface area contributed by atoms with Crippen molar-refractivity contribution in [3.63, 3.8) is 0 Å². The maximum absolute atomic E-state index is 13.4. The van der Waals surface area contributed by atoms with Gasteiger partial charge < -0.3 is 0 Å². The summed E-state index contributed by atoms with van der Waals surface area (Å²) in [5.41, 5.74) is -1.13. The van der Waals surface area contributed by atoms with Crippen LogP contribution in [-0.2, 0) is 26.2 Å². The van der Waals surface area contributed by atoms with Gasteiger partial charge in [0.1, 0.15) is 11.6 Å². The highest BCUT2D eigenvalue weighted by molar-refractivity contribution is 7.89. The van der Waals surface area contributed by atoms with Crippen LogP contribution in [0, 0.1) is 11.6 Å². The summed E-state index contributed by atoms with van der Waals surface area (Å²) in [6.45, 7) is -1.34. The standard InChI is InChI=1S/C17H15F5N2O4S2/c18-13-9-14(19)11-16(10-13)30(27,28)24-6-4-23(5-7-24)29(25,26)15-3-1-2-12(8-15)17(20,21)22/h1-3,8-11H,4-7H2. The minimum absolute atomic E-state index is 0.335. The first kappa shape index (κ1) is 22.6. The van der Waals surface area contributed by atoms with E-state index in [-0.39, 0.29) is 26.2 Å². The van der Waals surface area contributed by atoms with Crippen LogP contribution in [0.3, 0.4) is 0 Å². The van der Waals surface area contributed by atoms with Crippen LogP contribution in [0.2, 0.25) is 0 Å². The minimum Gasteiger partial charge on any atom is -0.207 e. The fourth-order valence-corrected chi connectivity index (χ4v) is 5.89. The molecule has 0 saturated carbocycles. The van der Waals surface area contributed by atoms with Crippen LogP contribution >= 0.6 is 0 Å². The molecular weight excluding hydrogens is 455 g/mol. The highest BCUT2D eigenvalue weighted by Gasteiger charge is 2.36. The lowest BCUT2D eigenvalue weighted by molar-refractivity contribution is -0.137. The van der Waals surface area contributed by atoms with E-state index in [9.17, 15) is 38.8 Å². The average Bonchev–Trinajstić information content (AvgIpc) is 2.67. The Morgan fingerprint density at radius 2 is 1.17 bits per heavy atom. The van der Waals surface area contributed by atoms with Crippen molar-refractivity contribution in [1.29, 1.82) is 0 Å². The fraction of sp³-hybridized carbons (Fsp3) is 0.294. The molecule has 1 saturated heterocycles. The topological polar surface area (TPSA) is 74.8 Å². The second-order valence-electron chi connectivity index (χ2n) is 6.44. The maximum Gasteiger partial charge on any atom is 0.416 e. The highest BCUT2D eigenvalue weighted by atomic mass is 32.2. The molecule has 3 rings (SSSR count). The molecule has 1 aliphatic rings. The van der Waals surface area contributed by atoms with Gasteiger partial charge in [-0.3, -0.25) is 0 Å². The molecule has 30 heavy (non-hydrogen) atoms. The van der Waals surface area contributed by atoms with Gasteiger partial charge in [-0.05, 0) is 30.3 Å². The lowest BCUT2D eigenvalue weighted by atomic mass is 10.2. The Balaban J connectivity index is 1.79. The molecule has 0 aromatic heterocycles. The van der Waals surface area contributed by atoms with E-state index in [0.29, 0.717) is 24.3 Å². The molecule has 0 spiro atoms. The number of alkyl halides is 3. The van der Waals surface area contributed by atoms with Gasteiger partial charge in [0.25, 0.3) is 0 Å². The molecule has 1 heterocycles. The summed E-state index contributed by atoms with van der Waals surface area (Å²) >= 11 is 0. The number of hydrogen-bond donors (Lipinski definition) is 0. The van der Waals surface area contributed by atoms with Crippen LogP contribution in [0.5, 0.6) is 0 Å². The summed E-state index contributed by atoms with van der Waals surface area (Å²) in [4.78, 5) is -1.19. The molecule has 0 N–H and O–H groups in total. The third kappa shape index (κ3) is 4.48. The SMILES string of the molecule is O=S(=O)(c1cc(F)cc(F)c1)N1CCN(S(=O)(=O)c2cccc(C(F)(F)F)c2)CC1. The number of halogens is 5. The van der Waals surface area contributed by atoms with E-state index in [1.807, 2.05) is 0 Å². The lowest BCUT2D eigenvalue weighted by Gasteiger charge is -2.33. The van der Waals surface area contributed by atoms with Crippen molar-refractivity contribution >= 4 is 20.0 Å². The van der Waals surface area contributed by atoms with Crippen molar-refractivity contribution in [3.8, 4) is 0 Å². The number of rotatable bonds is 4. The first-order valence-electron chi connectivity index (χ1n) is 8.45. The molecule has 0 amide bonds. The molecule has 164 valence electrons. The first-order valence-corrected chi connectivity index (χ1v) is 11.3. The summed E-state index contributed by atoms with van der Waals surface area (Å²) in [6, 6.07) is 5.03. The van der Waals surface area contributed by atoms with E-state index in [4.69, 9.17) is 0 Å². The van der Waals surface area contributed by atoms with Gasteiger partial charge in [-0.1, -0.05) is 6.07 Å². The molecule has 0 bridgehead atoms. The highest BCUT2D eigenvalue weighted by Crippen LogP contribution is 2.31. The van der Waals surface area contributed by atoms with Crippen molar-refractivity contribution < 1.29 is 38.8 Å². The van der Waals surface area contributed by atoms with Crippen LogP contribution in [0.25, 0.3) is 0 Å². The normalized spacial score (nSPS) is 17.2. The second kappa shape index (κ2) is 7.87. The molecule has 0 radical (unpaired) electrons. The van der Waals surface area contributed by atoms with E-state index in [1.165, 1.54) is 0 Å². The molecule has 1 aliphatic heterocycles. The fourth-order valence-electron chi connectivity index (χ4n) is 2.96. The van der Waals surface area contributed by atoms with Gasteiger partial charge in [-0.25, -0.2) is 25.6 Å². The monoisotopic (exact) mass is 470 g/mol. The number of hydrogen-bond acceptors (Lipinski definition) is 4. The minimum atomic E-state index is -4.72. The van der Waals surface area contributed by atoms with Crippen molar-refractivity contribution in [2.45, 2.75) is 16.0 Å². The summed E-state index contributed by atoms with van der Waals surface area (Å²) in [7, 11) is -8.58. The molecule has 13 heteroatoms. The zero-order chi connectivity index (χ0) is 22.3. The third-order valence-corrected chi connectivity index (χ3v) is 8.24. The molecule has 2 aromatic rings. The first-order chi connectivity index (χ1) is 13.8. The van der Waals surface area contributed by atoms with Gasteiger partial charge in [-0.2, -0.15) is 21.8 Å². The zero-order valence-electron chi connectivity index (χ0n) is 15.1. The lowest BCUT2D eigenvalue weighted by Crippen LogP contribution is -2.50. The Morgan fingerprint density at radius 3 is 1.63 bits per heavy atom. The molecule has 0 unspecified atom stereocenters. The second-order valence-corrected chi connectivity index (χ2v) is 10.3. The predicted octanol–water partition coefficient (Wildman–Crippen LogP) is 2.68. The van der Waals surface area contributed by atoms with Crippen molar-refractivity contribution in [2.24, 2.45) is 0 Å². The van der Waals surface area contributed by atoms with Gasteiger partial charge in [0, 0.05) is 32.2 Å². The Kier molecular flexibility index (Phi) is 5.93. The van der Waals surface area contributed by atoms with Crippen LogP contribution in [-0.4, -0.2) is 51.6 Å². The zero-order valence-corrected chi connectivity index (χ0v) is 16.7. The van der Waals surface area contributed by atoms with Crippen LogP contribution in [0.4, 0.5) is 22.0 Å². The van der Waals surface area contributed by atoms with Gasteiger partial charge in [-0.15, -0.1) is 0 Å². The van der Waals surface area contributed by atoms with Gasteiger partial charge in [0.2, 0.25) is 20.0 Å². The molecule has 0 atom stereocenters. The number of nitrogens with zero attached hydrogens (tertiary/aromatic N) is 2. The van der Waals surface area contributed by atoms with Crippen LogP contribution in [0.15, 0.2) is 52.3 Å². The van der Waals surface area contributed by atoms with E-state index in [2.05, 4.69) is 0 Å². The average molecular weight is 470 g/mol. The number of benzene rings is 2. The quantitative estimate of drug-likeness (QED) is 0.644. The van der Waals surface area contributed by atoms with E-state index in [1.54, 1.807) is 0 Å². The Hall–Kier alpha value is -2.09. The number of piperazine rings is 1. The van der Waals surface area contributed by atoms with Gasteiger partial charge in [0.05, 0.1) is 15.4 Å². The summed E-state index contributed by atoms with van der Waals surface area (Å²) in [5.74, 6) is -2.17. The summed E-state index contributed by atoms with van der Waals surface area (Å²) in [5, 5.41) is 0. The smallest absolute Gasteiger partial charge is 0.207 e. The number of sulfonamides is 2. The Bertz CT molecular complexity index is 1140. The predicted molar refractivity (Wildman–Crippen MR) is 95.3 cm³/mol. The Labute approximate surface area is 169 Å². The van der Waals surface area contributed by atoms with E-state index >= 15 is 0 Å². The van der Waals surface area contributed by atoms with Gasteiger partial charge in [0.15, 0.2) is 0 Å². The summed E-state index contributed by atoms with van der Waals surface area (Å²) < 4.78 is 118. The molecule has 0 aliphatic carbocycles. The third-order valence-electron chi connectivity index (χ3n) is 4.47. The van der Waals surface area contributed by atoms with E-state index in [0.717, 1.165) is 26.8 Å². The largest absolute Gasteiger partial charge is 0.416 e. The van der Waals surface area contributed by atoms with E-state index < -0.39 is 53.2 Å². The molecular formula is C17H15F5N2O4S2. The van der Waals surface area contributed by atoms with Crippen LogP contribution in [0.1, 0.15) is 5.56 Å².